The third-order valence-electron chi connectivity index (χ3n) is 3.57. The van der Waals surface area contributed by atoms with Gasteiger partial charge in [0.15, 0.2) is 0 Å². The lowest BCUT2D eigenvalue weighted by molar-refractivity contribution is -0.138. The van der Waals surface area contributed by atoms with Gasteiger partial charge in [-0.2, -0.15) is 0 Å². The SMILES string of the molecule is CC(C)CC(CNC1CCCCC1)CC(=O)O. The van der Waals surface area contributed by atoms with Crippen LogP contribution in [0.25, 0.3) is 0 Å². The van der Waals surface area contributed by atoms with Gasteiger partial charge in [0.05, 0.1) is 0 Å². The van der Waals surface area contributed by atoms with Crippen LogP contribution in [0.15, 0.2) is 0 Å². The van der Waals surface area contributed by atoms with Gasteiger partial charge in [0, 0.05) is 12.5 Å². The number of hydrogen-bond acceptors (Lipinski definition) is 2. The highest BCUT2D eigenvalue weighted by atomic mass is 16.4. The molecule has 0 aromatic heterocycles. The maximum Gasteiger partial charge on any atom is 0.303 e. The third-order valence-corrected chi connectivity index (χ3v) is 3.57. The largest absolute Gasteiger partial charge is 0.481 e. The van der Waals surface area contributed by atoms with Crippen molar-refractivity contribution in [2.24, 2.45) is 11.8 Å². The van der Waals surface area contributed by atoms with Crippen molar-refractivity contribution in [3.8, 4) is 0 Å². The van der Waals surface area contributed by atoms with Crippen LogP contribution in [0.1, 0.15) is 58.8 Å². The van der Waals surface area contributed by atoms with E-state index in [2.05, 4.69) is 19.2 Å². The fourth-order valence-corrected chi connectivity index (χ4v) is 2.79. The second kappa shape index (κ2) is 7.70. The molecule has 0 amide bonds. The number of carbonyl (C=O) groups is 1. The molecule has 0 aliphatic heterocycles. The van der Waals surface area contributed by atoms with E-state index in [1.54, 1.807) is 0 Å². The molecule has 0 aromatic rings. The summed E-state index contributed by atoms with van der Waals surface area (Å²) in [6.07, 6.45) is 7.85. The molecular formula is C14H27NO2. The Kier molecular flexibility index (Phi) is 6.56. The Labute approximate surface area is 105 Å². The summed E-state index contributed by atoms with van der Waals surface area (Å²) in [7, 11) is 0. The molecule has 0 radical (unpaired) electrons. The minimum Gasteiger partial charge on any atom is -0.481 e. The Morgan fingerprint density at radius 3 is 2.47 bits per heavy atom. The number of nitrogens with one attached hydrogen (secondary N) is 1. The van der Waals surface area contributed by atoms with Crippen molar-refractivity contribution in [3.63, 3.8) is 0 Å². The van der Waals surface area contributed by atoms with Crippen LogP contribution in [-0.4, -0.2) is 23.7 Å². The van der Waals surface area contributed by atoms with E-state index in [-0.39, 0.29) is 5.92 Å². The van der Waals surface area contributed by atoms with Gasteiger partial charge in [0.1, 0.15) is 0 Å². The lowest BCUT2D eigenvalue weighted by atomic mass is 9.92. The van der Waals surface area contributed by atoms with E-state index in [0.717, 1.165) is 13.0 Å². The summed E-state index contributed by atoms with van der Waals surface area (Å²) in [4.78, 5) is 10.8. The first-order valence-electron chi connectivity index (χ1n) is 7.03. The van der Waals surface area contributed by atoms with E-state index in [1.807, 2.05) is 0 Å². The fraction of sp³-hybridized carbons (Fsp3) is 0.929. The molecule has 0 heterocycles. The highest BCUT2D eigenvalue weighted by Gasteiger charge is 2.18. The first-order chi connectivity index (χ1) is 8.08. The summed E-state index contributed by atoms with van der Waals surface area (Å²) < 4.78 is 0. The molecule has 0 aromatic carbocycles. The third kappa shape index (κ3) is 6.67. The molecule has 1 fully saturated rings. The van der Waals surface area contributed by atoms with Crippen molar-refractivity contribution in [2.45, 2.75) is 64.8 Å². The van der Waals surface area contributed by atoms with Gasteiger partial charge in [-0.05, 0) is 37.6 Å². The predicted octanol–water partition coefficient (Wildman–Crippen LogP) is 3.05. The standard InChI is InChI=1S/C14H27NO2/c1-11(2)8-12(9-14(16)17)10-15-13-6-4-3-5-7-13/h11-13,15H,3-10H2,1-2H3,(H,16,17). The molecule has 0 saturated heterocycles. The number of hydrogen-bond donors (Lipinski definition) is 2. The van der Waals surface area contributed by atoms with Gasteiger partial charge in [-0.3, -0.25) is 4.79 Å². The zero-order valence-corrected chi connectivity index (χ0v) is 11.2. The smallest absolute Gasteiger partial charge is 0.303 e. The molecule has 2 N–H and O–H groups in total. The van der Waals surface area contributed by atoms with Crippen LogP contribution in [0.5, 0.6) is 0 Å². The minimum atomic E-state index is -0.666. The summed E-state index contributed by atoms with van der Waals surface area (Å²) >= 11 is 0. The van der Waals surface area contributed by atoms with Crippen molar-refractivity contribution >= 4 is 5.97 Å². The van der Waals surface area contributed by atoms with Crippen molar-refractivity contribution < 1.29 is 9.90 Å². The van der Waals surface area contributed by atoms with E-state index in [0.29, 0.717) is 18.4 Å². The van der Waals surface area contributed by atoms with Crippen LogP contribution in [0.4, 0.5) is 0 Å². The van der Waals surface area contributed by atoms with Crippen molar-refractivity contribution in [2.75, 3.05) is 6.54 Å². The molecule has 1 saturated carbocycles. The normalized spacial score (nSPS) is 19.5. The summed E-state index contributed by atoms with van der Waals surface area (Å²) in [5, 5.41) is 12.5. The van der Waals surface area contributed by atoms with Gasteiger partial charge in [-0.15, -0.1) is 0 Å². The van der Waals surface area contributed by atoms with Gasteiger partial charge in [0.25, 0.3) is 0 Å². The van der Waals surface area contributed by atoms with E-state index in [4.69, 9.17) is 5.11 Å². The van der Waals surface area contributed by atoms with E-state index >= 15 is 0 Å². The number of carboxylic acids is 1. The van der Waals surface area contributed by atoms with E-state index in [9.17, 15) is 4.79 Å². The Morgan fingerprint density at radius 2 is 1.94 bits per heavy atom. The molecular weight excluding hydrogens is 214 g/mol. The predicted molar refractivity (Wildman–Crippen MR) is 70.1 cm³/mol. The lowest BCUT2D eigenvalue weighted by Gasteiger charge is -2.26. The number of carboxylic acid groups (broad SMARTS) is 1. The summed E-state index contributed by atoms with van der Waals surface area (Å²) in [6.45, 7) is 5.19. The summed E-state index contributed by atoms with van der Waals surface area (Å²) in [5.74, 6) is 0.197. The lowest BCUT2D eigenvalue weighted by Crippen LogP contribution is -2.35. The number of aliphatic carboxylic acids is 1. The first kappa shape index (κ1) is 14.5. The zero-order chi connectivity index (χ0) is 12.7. The van der Waals surface area contributed by atoms with Crippen LogP contribution in [0.2, 0.25) is 0 Å². The van der Waals surface area contributed by atoms with Gasteiger partial charge < -0.3 is 10.4 Å². The zero-order valence-electron chi connectivity index (χ0n) is 11.2. The van der Waals surface area contributed by atoms with Gasteiger partial charge >= 0.3 is 5.97 Å². The van der Waals surface area contributed by atoms with Crippen LogP contribution in [0, 0.1) is 11.8 Å². The Hall–Kier alpha value is -0.570. The van der Waals surface area contributed by atoms with Gasteiger partial charge in [-0.1, -0.05) is 33.1 Å². The monoisotopic (exact) mass is 241 g/mol. The molecule has 0 spiro atoms. The molecule has 1 aliphatic carbocycles. The maximum atomic E-state index is 10.8. The van der Waals surface area contributed by atoms with E-state index in [1.165, 1.54) is 32.1 Å². The molecule has 1 unspecified atom stereocenters. The summed E-state index contributed by atoms with van der Waals surface area (Å²) in [5.41, 5.74) is 0. The molecule has 3 nitrogen and oxygen atoms in total. The first-order valence-corrected chi connectivity index (χ1v) is 7.03. The Bertz CT molecular complexity index is 222. The molecule has 0 bridgehead atoms. The summed E-state index contributed by atoms with van der Waals surface area (Å²) in [6, 6.07) is 0.632. The van der Waals surface area contributed by atoms with Crippen LogP contribution in [-0.2, 0) is 4.79 Å². The van der Waals surface area contributed by atoms with E-state index < -0.39 is 5.97 Å². The molecule has 1 rings (SSSR count). The van der Waals surface area contributed by atoms with Crippen LogP contribution < -0.4 is 5.32 Å². The second-order valence-corrected chi connectivity index (χ2v) is 5.84. The highest BCUT2D eigenvalue weighted by Crippen LogP contribution is 2.19. The van der Waals surface area contributed by atoms with Crippen molar-refractivity contribution in [1.29, 1.82) is 0 Å². The quantitative estimate of drug-likeness (QED) is 0.720. The topological polar surface area (TPSA) is 49.3 Å². The Morgan fingerprint density at radius 1 is 1.29 bits per heavy atom. The fourth-order valence-electron chi connectivity index (χ4n) is 2.79. The van der Waals surface area contributed by atoms with Crippen molar-refractivity contribution in [3.05, 3.63) is 0 Å². The minimum absolute atomic E-state index is 0.287. The molecule has 1 aliphatic rings. The van der Waals surface area contributed by atoms with Gasteiger partial charge in [0.2, 0.25) is 0 Å². The second-order valence-electron chi connectivity index (χ2n) is 5.84. The molecule has 100 valence electrons. The van der Waals surface area contributed by atoms with Crippen LogP contribution >= 0.6 is 0 Å². The number of rotatable bonds is 7. The Balaban J connectivity index is 2.28. The molecule has 17 heavy (non-hydrogen) atoms. The highest BCUT2D eigenvalue weighted by molar-refractivity contribution is 5.67. The average Bonchev–Trinajstić information content (AvgIpc) is 2.26. The van der Waals surface area contributed by atoms with Crippen LogP contribution in [0.3, 0.4) is 0 Å². The molecule has 1 atom stereocenters. The van der Waals surface area contributed by atoms with Crippen molar-refractivity contribution in [1.82, 2.24) is 5.32 Å². The maximum absolute atomic E-state index is 10.8. The average molecular weight is 241 g/mol. The molecule has 3 heteroatoms. The van der Waals surface area contributed by atoms with Gasteiger partial charge in [-0.25, -0.2) is 0 Å².